The summed E-state index contributed by atoms with van der Waals surface area (Å²) < 4.78 is 10.7. The van der Waals surface area contributed by atoms with E-state index in [1.54, 1.807) is 31.2 Å². The molecule has 0 bridgehead atoms. The predicted octanol–water partition coefficient (Wildman–Crippen LogP) is 4.38. The minimum absolute atomic E-state index is 0.199. The Hall–Kier alpha value is -3.02. The summed E-state index contributed by atoms with van der Waals surface area (Å²) in [6, 6.07) is 10.9. The number of anilines is 1. The number of benzene rings is 2. The minimum atomic E-state index is -0.543. The van der Waals surface area contributed by atoms with Crippen LogP contribution in [0.2, 0.25) is 0 Å². The highest BCUT2D eigenvalue weighted by Gasteiger charge is 2.08. The van der Waals surface area contributed by atoms with Crippen LogP contribution in [-0.4, -0.2) is 31.8 Å². The van der Waals surface area contributed by atoms with Gasteiger partial charge in [0.05, 0.1) is 13.2 Å². The third kappa shape index (κ3) is 6.30. The van der Waals surface area contributed by atoms with Crippen molar-refractivity contribution in [2.24, 2.45) is 0 Å². The van der Waals surface area contributed by atoms with Gasteiger partial charge in [0.1, 0.15) is 5.75 Å². The smallest absolute Gasteiger partial charge is 0.411 e. The van der Waals surface area contributed by atoms with E-state index in [0.29, 0.717) is 30.8 Å². The summed E-state index contributed by atoms with van der Waals surface area (Å²) in [7, 11) is 0. The maximum Gasteiger partial charge on any atom is 0.411 e. The monoisotopic (exact) mass is 384 g/mol. The Labute approximate surface area is 166 Å². The lowest BCUT2D eigenvalue weighted by Gasteiger charge is -2.13. The Morgan fingerprint density at radius 3 is 2.61 bits per heavy atom. The lowest BCUT2D eigenvalue weighted by molar-refractivity contribution is 0.0951. The molecule has 0 radical (unpaired) electrons. The molecule has 2 aromatic carbocycles. The van der Waals surface area contributed by atoms with Gasteiger partial charge in [-0.25, -0.2) is 4.79 Å². The van der Waals surface area contributed by atoms with Crippen LogP contribution in [0.4, 0.5) is 10.5 Å². The third-order valence-electron chi connectivity index (χ3n) is 4.27. The summed E-state index contributed by atoms with van der Waals surface area (Å²) >= 11 is 0. The second kappa shape index (κ2) is 10.3. The molecule has 0 aliphatic rings. The summed E-state index contributed by atoms with van der Waals surface area (Å²) in [5.74, 6) is 0.691. The van der Waals surface area contributed by atoms with E-state index in [-0.39, 0.29) is 12.5 Å². The van der Waals surface area contributed by atoms with E-state index in [2.05, 4.69) is 23.6 Å². The van der Waals surface area contributed by atoms with Gasteiger partial charge in [0.15, 0.2) is 0 Å². The molecule has 0 saturated carbocycles. The van der Waals surface area contributed by atoms with Crippen molar-refractivity contribution in [1.29, 1.82) is 0 Å². The molecule has 0 aromatic heterocycles. The van der Waals surface area contributed by atoms with Gasteiger partial charge < -0.3 is 14.8 Å². The van der Waals surface area contributed by atoms with Crippen LogP contribution in [0.3, 0.4) is 0 Å². The summed E-state index contributed by atoms with van der Waals surface area (Å²) in [6.45, 7) is 9.20. The molecule has 0 fully saturated rings. The molecular weight excluding hydrogens is 356 g/mol. The second-order valence-corrected chi connectivity index (χ2v) is 6.59. The molecule has 2 aromatic rings. The predicted molar refractivity (Wildman–Crippen MR) is 110 cm³/mol. The molecule has 2 N–H and O–H groups in total. The van der Waals surface area contributed by atoms with Crippen molar-refractivity contribution in [3.63, 3.8) is 0 Å². The van der Waals surface area contributed by atoms with E-state index in [4.69, 9.17) is 9.47 Å². The average Bonchev–Trinajstić information content (AvgIpc) is 2.65. The number of amides is 2. The fourth-order valence-electron chi connectivity index (χ4n) is 2.73. The molecule has 6 nitrogen and oxygen atoms in total. The number of carbonyl (C=O) groups excluding carboxylic acids is 2. The van der Waals surface area contributed by atoms with Crippen molar-refractivity contribution in [3.05, 3.63) is 58.7 Å². The third-order valence-corrected chi connectivity index (χ3v) is 4.27. The van der Waals surface area contributed by atoms with Gasteiger partial charge in [-0.05, 0) is 75.1 Å². The molecular formula is C22H28N2O4. The van der Waals surface area contributed by atoms with Crippen molar-refractivity contribution in [1.82, 2.24) is 5.32 Å². The molecule has 0 aliphatic heterocycles. The van der Waals surface area contributed by atoms with Crippen LogP contribution in [0.25, 0.3) is 0 Å². The Morgan fingerprint density at radius 1 is 1.07 bits per heavy atom. The first-order valence-corrected chi connectivity index (χ1v) is 9.43. The average molecular weight is 384 g/mol. The summed E-state index contributed by atoms with van der Waals surface area (Å²) in [6.07, 6.45) is 0.151. The molecule has 0 spiro atoms. The van der Waals surface area contributed by atoms with Gasteiger partial charge in [-0.3, -0.25) is 10.1 Å². The molecule has 6 heteroatoms. The largest absolute Gasteiger partial charge is 0.493 e. The molecule has 0 atom stereocenters. The van der Waals surface area contributed by atoms with Crippen LogP contribution < -0.4 is 15.4 Å². The number of hydrogen-bond acceptors (Lipinski definition) is 4. The maximum atomic E-state index is 12.3. The number of carbonyl (C=O) groups is 2. The molecule has 28 heavy (non-hydrogen) atoms. The first kappa shape index (κ1) is 21.3. The van der Waals surface area contributed by atoms with Crippen molar-refractivity contribution in [3.8, 4) is 5.75 Å². The summed E-state index contributed by atoms with van der Waals surface area (Å²) in [5.41, 5.74) is 4.50. The topological polar surface area (TPSA) is 76.7 Å². The van der Waals surface area contributed by atoms with E-state index >= 15 is 0 Å². The Bertz CT molecular complexity index is 833. The Kier molecular flexibility index (Phi) is 7.87. The lowest BCUT2D eigenvalue weighted by Crippen LogP contribution is -2.25. The van der Waals surface area contributed by atoms with E-state index in [1.165, 1.54) is 11.1 Å². The fourth-order valence-corrected chi connectivity index (χ4v) is 2.73. The van der Waals surface area contributed by atoms with E-state index in [9.17, 15) is 9.59 Å². The Balaban J connectivity index is 1.79. The van der Waals surface area contributed by atoms with Crippen LogP contribution in [-0.2, 0) is 4.74 Å². The Morgan fingerprint density at radius 2 is 1.86 bits per heavy atom. The van der Waals surface area contributed by atoms with E-state index in [0.717, 1.165) is 11.3 Å². The molecule has 150 valence electrons. The number of hydrogen-bond donors (Lipinski definition) is 2. The van der Waals surface area contributed by atoms with Gasteiger partial charge in [0.25, 0.3) is 5.91 Å². The van der Waals surface area contributed by atoms with Crippen LogP contribution in [0.1, 0.15) is 40.4 Å². The van der Waals surface area contributed by atoms with E-state index in [1.807, 2.05) is 19.9 Å². The van der Waals surface area contributed by atoms with Gasteiger partial charge in [0.2, 0.25) is 0 Å². The molecule has 0 unspecified atom stereocenters. The highest BCUT2D eigenvalue weighted by molar-refractivity contribution is 5.96. The zero-order chi connectivity index (χ0) is 20.5. The highest BCUT2D eigenvalue weighted by Crippen LogP contribution is 2.23. The zero-order valence-electron chi connectivity index (χ0n) is 16.9. The first-order valence-electron chi connectivity index (χ1n) is 9.43. The van der Waals surface area contributed by atoms with Crippen LogP contribution >= 0.6 is 0 Å². The van der Waals surface area contributed by atoms with Gasteiger partial charge in [-0.15, -0.1) is 0 Å². The van der Waals surface area contributed by atoms with Crippen molar-refractivity contribution in [2.45, 2.75) is 34.1 Å². The number of ether oxygens (including phenoxy) is 2. The van der Waals surface area contributed by atoms with E-state index < -0.39 is 6.09 Å². The quantitative estimate of drug-likeness (QED) is 0.662. The van der Waals surface area contributed by atoms with Gasteiger partial charge in [-0.1, -0.05) is 12.1 Å². The number of rotatable bonds is 8. The van der Waals surface area contributed by atoms with Gasteiger partial charge in [0, 0.05) is 17.8 Å². The van der Waals surface area contributed by atoms with Gasteiger partial charge >= 0.3 is 6.09 Å². The van der Waals surface area contributed by atoms with Crippen LogP contribution in [0.15, 0.2) is 36.4 Å². The van der Waals surface area contributed by atoms with Crippen molar-refractivity contribution < 1.29 is 19.1 Å². The first-order chi connectivity index (χ1) is 13.4. The normalized spacial score (nSPS) is 10.3. The van der Waals surface area contributed by atoms with Crippen LogP contribution in [0.5, 0.6) is 5.75 Å². The summed E-state index contributed by atoms with van der Waals surface area (Å²) in [5, 5.41) is 5.45. The highest BCUT2D eigenvalue weighted by atomic mass is 16.5. The van der Waals surface area contributed by atoms with Crippen molar-refractivity contribution in [2.75, 3.05) is 25.1 Å². The fraction of sp³-hybridized carbons (Fsp3) is 0.364. The molecule has 2 rings (SSSR count). The minimum Gasteiger partial charge on any atom is -0.493 e. The maximum absolute atomic E-state index is 12.3. The number of aryl methyl sites for hydroxylation is 2. The summed E-state index contributed by atoms with van der Waals surface area (Å²) in [4.78, 5) is 23.8. The van der Waals surface area contributed by atoms with Crippen molar-refractivity contribution >= 4 is 17.7 Å². The van der Waals surface area contributed by atoms with Crippen LogP contribution in [0, 0.1) is 20.8 Å². The molecule has 0 aliphatic carbocycles. The lowest BCUT2D eigenvalue weighted by atomic mass is 10.1. The van der Waals surface area contributed by atoms with Gasteiger partial charge in [-0.2, -0.15) is 0 Å². The number of nitrogens with one attached hydrogen (secondary N) is 2. The second-order valence-electron chi connectivity index (χ2n) is 6.59. The zero-order valence-corrected chi connectivity index (χ0v) is 16.9. The molecule has 0 heterocycles. The standard InChI is InChI=1S/C22H28N2O4/c1-5-27-22(26)24-19-9-6-8-18(14-19)21(25)23-10-7-11-28-20-13-15(2)12-16(3)17(20)4/h6,8-9,12-14H,5,7,10-11H2,1-4H3,(H,23,25)(H,24,26). The molecule has 2 amide bonds. The molecule has 0 saturated heterocycles. The SMILES string of the molecule is CCOC(=O)Nc1cccc(C(=O)NCCCOc2cc(C)cc(C)c2C)c1.